The van der Waals surface area contributed by atoms with Gasteiger partial charge in [-0.3, -0.25) is 0 Å². The number of carbonyl (C=O) groups excluding carboxylic acids is 1. The first-order valence-electron chi connectivity index (χ1n) is 6.73. The predicted molar refractivity (Wildman–Crippen MR) is 78.6 cm³/mol. The fraction of sp³-hybridized carbons (Fsp3) is 0.438. The maximum absolute atomic E-state index is 11.9. The molecule has 1 unspecified atom stereocenters. The predicted octanol–water partition coefficient (Wildman–Crippen LogP) is 2.58. The van der Waals surface area contributed by atoms with Gasteiger partial charge >= 0.3 is 121 Å². The van der Waals surface area contributed by atoms with Crippen molar-refractivity contribution in [1.29, 1.82) is 0 Å². The summed E-state index contributed by atoms with van der Waals surface area (Å²) in [5, 5.41) is 1.10. The number of rotatable bonds is 6. The zero-order valence-corrected chi connectivity index (χ0v) is 13.0. The van der Waals surface area contributed by atoms with E-state index >= 15 is 0 Å². The molecule has 0 amide bonds. The Balaban J connectivity index is 1.86. The summed E-state index contributed by atoms with van der Waals surface area (Å²) < 4.78 is 6.36. The molecule has 2 nitrogen and oxygen atoms in total. The molecule has 19 heavy (non-hydrogen) atoms. The molecule has 1 aromatic rings. The molecule has 102 valence electrons. The summed E-state index contributed by atoms with van der Waals surface area (Å²) in [5.41, 5.74) is 0. The first kappa shape index (κ1) is 14.4. The number of ether oxygens (including phenoxy) is 1. The van der Waals surface area contributed by atoms with Gasteiger partial charge in [-0.15, -0.1) is 0 Å². The van der Waals surface area contributed by atoms with Crippen molar-refractivity contribution in [3.8, 4) is 0 Å². The van der Waals surface area contributed by atoms with Crippen molar-refractivity contribution < 1.29 is 9.53 Å². The van der Waals surface area contributed by atoms with Crippen LogP contribution in [-0.4, -0.2) is 28.0 Å². The van der Waals surface area contributed by atoms with Crippen LogP contribution in [0.3, 0.4) is 0 Å². The van der Waals surface area contributed by atoms with Crippen molar-refractivity contribution in [3.05, 3.63) is 42.5 Å². The monoisotopic (exact) mass is 324 g/mol. The van der Waals surface area contributed by atoms with Gasteiger partial charge in [0.2, 0.25) is 0 Å². The number of benzene rings is 1. The van der Waals surface area contributed by atoms with Gasteiger partial charge in [0.05, 0.1) is 0 Å². The number of methoxy groups -OCH3 is 1. The van der Waals surface area contributed by atoms with Gasteiger partial charge in [0, 0.05) is 0 Å². The Hall–Kier alpha value is -1.05. The van der Waals surface area contributed by atoms with Crippen molar-refractivity contribution in [1.82, 2.24) is 0 Å². The van der Waals surface area contributed by atoms with Crippen LogP contribution in [0.4, 0.5) is 0 Å². The molecule has 0 fully saturated rings. The zero-order valence-electron chi connectivity index (χ0n) is 11.2. The summed E-state index contributed by atoms with van der Waals surface area (Å²) in [4.78, 5) is 11.9. The Labute approximate surface area is 121 Å². The zero-order chi connectivity index (χ0) is 13.5. The van der Waals surface area contributed by atoms with Gasteiger partial charge in [0.25, 0.3) is 0 Å². The first-order valence-corrected chi connectivity index (χ1v) is 8.80. The summed E-state index contributed by atoms with van der Waals surface area (Å²) in [7, 11) is 1.50. The number of carbonyl (C=O) groups is 1. The molecule has 0 radical (unpaired) electrons. The maximum atomic E-state index is 11.9. The van der Waals surface area contributed by atoms with Crippen LogP contribution in [0, 0.1) is 11.8 Å². The minimum absolute atomic E-state index is 0.0413. The molecule has 1 aliphatic rings. The molecule has 0 spiro atoms. The SMILES string of the molecule is COC(=O)C(CC[Se]c1ccccc1)[C@@H]1C=CCC1. The molecule has 0 heterocycles. The van der Waals surface area contributed by atoms with E-state index in [1.165, 1.54) is 11.6 Å². The van der Waals surface area contributed by atoms with Crippen molar-refractivity contribution in [2.75, 3.05) is 7.11 Å². The van der Waals surface area contributed by atoms with E-state index < -0.39 is 0 Å². The van der Waals surface area contributed by atoms with Crippen LogP contribution in [0.15, 0.2) is 42.5 Å². The van der Waals surface area contributed by atoms with Crippen LogP contribution in [-0.2, 0) is 9.53 Å². The molecule has 2 rings (SSSR count). The Morgan fingerprint density at radius 2 is 2.21 bits per heavy atom. The third-order valence-electron chi connectivity index (χ3n) is 3.51. The molecule has 3 heteroatoms. The van der Waals surface area contributed by atoms with Crippen LogP contribution < -0.4 is 4.46 Å². The van der Waals surface area contributed by atoms with Crippen molar-refractivity contribution in [2.45, 2.75) is 24.6 Å². The molecular formula is C16H20O2Se. The Kier molecular flexibility index (Phi) is 5.68. The second-order valence-electron chi connectivity index (χ2n) is 4.75. The molecule has 0 saturated carbocycles. The summed E-state index contributed by atoms with van der Waals surface area (Å²) in [6.07, 6.45) is 7.51. The van der Waals surface area contributed by atoms with Crippen LogP contribution in [0.25, 0.3) is 0 Å². The third kappa shape index (κ3) is 4.22. The van der Waals surface area contributed by atoms with Gasteiger partial charge in [-0.25, -0.2) is 0 Å². The first-order chi connectivity index (χ1) is 9.31. The Bertz CT molecular complexity index is 428. The minimum atomic E-state index is -0.0413. The number of hydrogen-bond acceptors (Lipinski definition) is 2. The molecule has 0 aromatic heterocycles. The Morgan fingerprint density at radius 3 is 2.84 bits per heavy atom. The van der Waals surface area contributed by atoms with E-state index in [2.05, 4.69) is 36.4 Å². The van der Waals surface area contributed by atoms with E-state index in [0.29, 0.717) is 20.9 Å². The van der Waals surface area contributed by atoms with E-state index in [9.17, 15) is 4.79 Å². The van der Waals surface area contributed by atoms with Gasteiger partial charge in [0.1, 0.15) is 0 Å². The van der Waals surface area contributed by atoms with Crippen molar-refractivity contribution in [3.63, 3.8) is 0 Å². The number of hydrogen-bond donors (Lipinski definition) is 0. The van der Waals surface area contributed by atoms with Gasteiger partial charge in [-0.2, -0.15) is 0 Å². The van der Waals surface area contributed by atoms with E-state index in [0.717, 1.165) is 24.6 Å². The fourth-order valence-electron chi connectivity index (χ4n) is 2.47. The van der Waals surface area contributed by atoms with Gasteiger partial charge in [-0.05, 0) is 0 Å². The van der Waals surface area contributed by atoms with Crippen LogP contribution in [0.2, 0.25) is 5.32 Å². The standard InChI is InChI=1S/C16H20O2Se/c1-18-16(17)15(13-7-5-6-8-13)11-12-19-14-9-3-2-4-10-14/h2-5,7,9-10,13,15H,6,8,11-12H2,1H3/t13-,15?/m1/s1. The molecule has 1 aliphatic carbocycles. The Morgan fingerprint density at radius 1 is 1.42 bits per heavy atom. The van der Waals surface area contributed by atoms with E-state index in [1.54, 1.807) is 0 Å². The summed E-state index contributed by atoms with van der Waals surface area (Å²) >= 11 is 0.454. The molecule has 1 aromatic carbocycles. The fourth-order valence-corrected chi connectivity index (χ4v) is 4.48. The normalized spacial score (nSPS) is 19.3. The average Bonchev–Trinajstić information content (AvgIpc) is 2.98. The molecule has 0 N–H and O–H groups in total. The molecule has 0 bridgehead atoms. The van der Waals surface area contributed by atoms with Gasteiger partial charge < -0.3 is 0 Å². The summed E-state index contributed by atoms with van der Waals surface area (Å²) in [6, 6.07) is 10.5. The second-order valence-corrected chi connectivity index (χ2v) is 7.20. The quantitative estimate of drug-likeness (QED) is 0.457. The second kappa shape index (κ2) is 7.52. The molecular weight excluding hydrogens is 303 g/mol. The number of allylic oxidation sites excluding steroid dienone is 2. The van der Waals surface area contributed by atoms with E-state index in [4.69, 9.17) is 4.74 Å². The molecule has 0 aliphatic heterocycles. The molecule has 2 atom stereocenters. The third-order valence-corrected chi connectivity index (χ3v) is 5.70. The summed E-state index contributed by atoms with van der Waals surface area (Å²) in [6.45, 7) is 0. The topological polar surface area (TPSA) is 26.3 Å². The van der Waals surface area contributed by atoms with Gasteiger partial charge in [0.15, 0.2) is 0 Å². The average molecular weight is 323 g/mol. The van der Waals surface area contributed by atoms with Crippen LogP contribution in [0.1, 0.15) is 19.3 Å². The van der Waals surface area contributed by atoms with Crippen molar-refractivity contribution in [2.24, 2.45) is 11.8 Å². The van der Waals surface area contributed by atoms with Gasteiger partial charge in [-0.1, -0.05) is 0 Å². The van der Waals surface area contributed by atoms with E-state index in [-0.39, 0.29) is 11.9 Å². The van der Waals surface area contributed by atoms with E-state index in [1.807, 2.05) is 6.07 Å². The van der Waals surface area contributed by atoms with Crippen LogP contribution >= 0.6 is 0 Å². The molecule has 0 saturated heterocycles. The summed E-state index contributed by atoms with van der Waals surface area (Å²) in [5.74, 6) is 0.397. The van der Waals surface area contributed by atoms with Crippen molar-refractivity contribution >= 4 is 25.4 Å². The van der Waals surface area contributed by atoms with Crippen LogP contribution in [0.5, 0.6) is 0 Å². The number of esters is 1.